The van der Waals surface area contributed by atoms with E-state index in [0.29, 0.717) is 16.4 Å². The minimum Gasteiger partial charge on any atom is -0.365 e. The normalized spacial score (nSPS) is 16.5. The second-order valence-corrected chi connectivity index (χ2v) is 6.79. The summed E-state index contributed by atoms with van der Waals surface area (Å²) in [6.07, 6.45) is 3.33. The van der Waals surface area contributed by atoms with Crippen LogP contribution in [0.3, 0.4) is 0 Å². The first kappa shape index (κ1) is 25.1. The number of hydrogen-bond donors (Lipinski definition) is 3. The van der Waals surface area contributed by atoms with Gasteiger partial charge < -0.3 is 5.32 Å². The highest BCUT2D eigenvalue weighted by atomic mass is 35.5. The van der Waals surface area contributed by atoms with Gasteiger partial charge in [-0.25, -0.2) is 14.9 Å². The first-order valence-corrected chi connectivity index (χ1v) is 8.93. The van der Waals surface area contributed by atoms with Crippen LogP contribution in [-0.4, -0.2) is 40.1 Å². The van der Waals surface area contributed by atoms with Gasteiger partial charge in [-0.2, -0.15) is 0 Å². The highest BCUT2D eigenvalue weighted by Crippen LogP contribution is 2.24. The van der Waals surface area contributed by atoms with Gasteiger partial charge in [-0.05, 0) is 29.7 Å². The van der Waals surface area contributed by atoms with Crippen LogP contribution in [-0.2, 0) is 11.3 Å². The molecule has 158 valence electrons. The summed E-state index contributed by atoms with van der Waals surface area (Å²) in [7, 11) is 0. The van der Waals surface area contributed by atoms with Crippen LogP contribution >= 0.6 is 36.4 Å². The molecule has 1 aromatic heterocycles. The van der Waals surface area contributed by atoms with Crippen molar-refractivity contribution in [3.05, 3.63) is 64.6 Å². The number of nitrogens with one attached hydrogen (secondary N) is 2. The number of pyridine rings is 1. The summed E-state index contributed by atoms with van der Waals surface area (Å²) in [5, 5.41) is 12.1. The monoisotopic (exact) mass is 462 g/mol. The minimum absolute atomic E-state index is 0. The van der Waals surface area contributed by atoms with Crippen molar-refractivity contribution in [2.24, 2.45) is 0 Å². The minimum atomic E-state index is -1.22. The van der Waals surface area contributed by atoms with Crippen LogP contribution in [0.25, 0.3) is 6.08 Å². The molecule has 3 N–H and O–H groups in total. The molecule has 3 rings (SSSR count). The second-order valence-electron chi connectivity index (χ2n) is 6.38. The van der Waals surface area contributed by atoms with E-state index in [4.69, 9.17) is 16.8 Å². The van der Waals surface area contributed by atoms with Crippen molar-refractivity contribution in [1.29, 1.82) is 0 Å². The van der Waals surface area contributed by atoms with Gasteiger partial charge in [-0.3, -0.25) is 14.9 Å². The molecule has 1 aliphatic rings. The number of anilines is 1. The maximum Gasteiger partial charge on any atom is 0.303 e. The number of rotatable bonds is 6. The smallest absolute Gasteiger partial charge is 0.303 e. The standard InChI is InChI=1S/C19H20ClFN4O2.2ClH/c20-16-8-14(9-17(21)19(26)24-27)10-22-18(16)23-15-6-7-25(12-15)11-13-4-2-1-3-5-13;;/h1-5,8-10,15,27H,6-7,11-12H2,(H,22,23)(H,24,26);2*1H/t15-;;/m1../s1. The summed E-state index contributed by atoms with van der Waals surface area (Å²) < 4.78 is 13.5. The molecule has 0 aliphatic carbocycles. The van der Waals surface area contributed by atoms with E-state index in [-0.39, 0.29) is 30.9 Å². The number of halogens is 4. The zero-order chi connectivity index (χ0) is 19.2. The predicted molar refractivity (Wildman–Crippen MR) is 117 cm³/mol. The highest BCUT2D eigenvalue weighted by Gasteiger charge is 2.23. The molecule has 0 spiro atoms. The van der Waals surface area contributed by atoms with Crippen LogP contribution in [0.5, 0.6) is 0 Å². The number of aromatic nitrogens is 1. The topological polar surface area (TPSA) is 77.5 Å². The van der Waals surface area contributed by atoms with Crippen molar-refractivity contribution in [3.8, 4) is 0 Å². The molecule has 0 bridgehead atoms. The lowest BCUT2D eigenvalue weighted by atomic mass is 10.2. The number of likely N-dealkylation sites (tertiary alicyclic amines) is 1. The lowest BCUT2D eigenvalue weighted by Gasteiger charge is -2.17. The first-order valence-electron chi connectivity index (χ1n) is 8.55. The van der Waals surface area contributed by atoms with Gasteiger partial charge in [-0.1, -0.05) is 41.9 Å². The second kappa shape index (κ2) is 11.9. The third-order valence-electron chi connectivity index (χ3n) is 4.34. The Hall–Kier alpha value is -1.90. The van der Waals surface area contributed by atoms with Gasteiger partial charge in [-0.15, -0.1) is 24.8 Å². The molecule has 1 amide bonds. The van der Waals surface area contributed by atoms with E-state index in [1.165, 1.54) is 23.3 Å². The van der Waals surface area contributed by atoms with Crippen molar-refractivity contribution in [3.63, 3.8) is 0 Å². The molecule has 10 heteroatoms. The molecule has 2 aromatic rings. The van der Waals surface area contributed by atoms with Gasteiger partial charge in [0.1, 0.15) is 5.82 Å². The molecule has 1 aromatic carbocycles. The molecule has 1 aliphatic heterocycles. The SMILES string of the molecule is Cl.Cl.O=C(NO)C(F)=Cc1cnc(N[C@@H]2CCN(Cc3ccccc3)C2)c(Cl)c1. The zero-order valence-corrected chi connectivity index (χ0v) is 17.7. The Bertz CT molecular complexity index is 839. The maximum absolute atomic E-state index is 13.5. The maximum atomic E-state index is 13.5. The molecule has 0 saturated carbocycles. The van der Waals surface area contributed by atoms with Crippen molar-refractivity contribution in [1.82, 2.24) is 15.4 Å². The zero-order valence-electron chi connectivity index (χ0n) is 15.3. The number of amides is 1. The number of nitrogens with zero attached hydrogens (tertiary/aromatic N) is 2. The Morgan fingerprint density at radius 1 is 1.34 bits per heavy atom. The first-order chi connectivity index (χ1) is 13.0. The van der Waals surface area contributed by atoms with Gasteiger partial charge in [0.05, 0.1) is 5.02 Å². The van der Waals surface area contributed by atoms with Crippen LogP contribution in [0.1, 0.15) is 17.5 Å². The van der Waals surface area contributed by atoms with Gasteiger partial charge >= 0.3 is 5.91 Å². The number of hydroxylamine groups is 1. The summed E-state index contributed by atoms with van der Waals surface area (Å²) in [6, 6.07) is 12.0. The number of carbonyl (C=O) groups is 1. The van der Waals surface area contributed by atoms with Crippen LogP contribution < -0.4 is 10.8 Å². The molecule has 1 saturated heterocycles. The van der Waals surface area contributed by atoms with Gasteiger partial charge in [0, 0.05) is 31.9 Å². The average molecular weight is 464 g/mol. The van der Waals surface area contributed by atoms with E-state index in [2.05, 4.69) is 27.3 Å². The molecule has 1 atom stereocenters. The van der Waals surface area contributed by atoms with Crippen molar-refractivity contribution >= 4 is 54.2 Å². The number of benzene rings is 1. The third kappa shape index (κ3) is 7.13. The van der Waals surface area contributed by atoms with Crippen LogP contribution in [0, 0.1) is 0 Å². The Kier molecular flexibility index (Phi) is 10.4. The van der Waals surface area contributed by atoms with E-state index >= 15 is 0 Å². The lowest BCUT2D eigenvalue weighted by Crippen LogP contribution is -2.26. The lowest BCUT2D eigenvalue weighted by molar-refractivity contribution is -0.126. The molecule has 6 nitrogen and oxygen atoms in total. The summed E-state index contributed by atoms with van der Waals surface area (Å²) >= 11 is 6.23. The summed E-state index contributed by atoms with van der Waals surface area (Å²) in [6.45, 7) is 2.75. The quantitative estimate of drug-likeness (QED) is 0.342. The largest absolute Gasteiger partial charge is 0.365 e. The van der Waals surface area contributed by atoms with Crippen LogP contribution in [0.4, 0.5) is 10.2 Å². The van der Waals surface area contributed by atoms with Crippen molar-refractivity contribution < 1.29 is 14.4 Å². The average Bonchev–Trinajstić information content (AvgIpc) is 3.11. The fourth-order valence-corrected chi connectivity index (χ4v) is 3.26. The van der Waals surface area contributed by atoms with Crippen LogP contribution in [0.15, 0.2) is 48.4 Å². The van der Waals surface area contributed by atoms with Gasteiger partial charge in [0.25, 0.3) is 0 Å². The molecular formula is C19H22Cl3FN4O2. The molecular weight excluding hydrogens is 442 g/mol. The Morgan fingerprint density at radius 2 is 2.07 bits per heavy atom. The van der Waals surface area contributed by atoms with E-state index < -0.39 is 11.7 Å². The Morgan fingerprint density at radius 3 is 2.72 bits per heavy atom. The molecule has 29 heavy (non-hydrogen) atoms. The fourth-order valence-electron chi connectivity index (χ4n) is 3.03. The third-order valence-corrected chi connectivity index (χ3v) is 4.62. The fraction of sp³-hybridized carbons (Fsp3) is 0.263. The molecule has 0 radical (unpaired) electrons. The molecule has 2 heterocycles. The predicted octanol–water partition coefficient (Wildman–Crippen LogP) is 4.08. The van der Waals surface area contributed by atoms with E-state index in [1.54, 1.807) is 0 Å². The molecule has 0 unspecified atom stereocenters. The van der Waals surface area contributed by atoms with Gasteiger partial charge in [0.15, 0.2) is 5.83 Å². The summed E-state index contributed by atoms with van der Waals surface area (Å²) in [4.78, 5) is 17.6. The van der Waals surface area contributed by atoms with Crippen molar-refractivity contribution in [2.45, 2.75) is 19.0 Å². The Labute approximate surface area is 185 Å². The van der Waals surface area contributed by atoms with Crippen LogP contribution in [0.2, 0.25) is 5.02 Å². The summed E-state index contributed by atoms with van der Waals surface area (Å²) in [5.41, 5.74) is 2.83. The summed E-state index contributed by atoms with van der Waals surface area (Å²) in [5.74, 6) is -1.84. The van der Waals surface area contributed by atoms with E-state index in [0.717, 1.165) is 32.1 Å². The van der Waals surface area contributed by atoms with Gasteiger partial charge in [0.2, 0.25) is 0 Å². The highest BCUT2D eigenvalue weighted by molar-refractivity contribution is 6.33. The number of hydrogen-bond acceptors (Lipinski definition) is 5. The Balaban J connectivity index is 0.00000210. The number of carbonyl (C=O) groups excluding carboxylic acids is 1. The molecule has 1 fully saturated rings. The van der Waals surface area contributed by atoms with Crippen molar-refractivity contribution in [2.75, 3.05) is 18.4 Å². The van der Waals surface area contributed by atoms with E-state index in [9.17, 15) is 9.18 Å². The van der Waals surface area contributed by atoms with E-state index in [1.807, 2.05) is 18.2 Å².